The lowest BCUT2D eigenvalue weighted by Gasteiger charge is -2.14. The number of esters is 3. The van der Waals surface area contributed by atoms with Crippen molar-refractivity contribution in [1.29, 1.82) is 0 Å². The van der Waals surface area contributed by atoms with Gasteiger partial charge in [0.15, 0.2) is 0 Å². The Labute approximate surface area is 233 Å². The summed E-state index contributed by atoms with van der Waals surface area (Å²) in [4.78, 5) is 35.8. The van der Waals surface area contributed by atoms with Gasteiger partial charge in [-0.2, -0.15) is 0 Å². The molecule has 0 radical (unpaired) electrons. The van der Waals surface area contributed by atoms with Gasteiger partial charge in [0.05, 0.1) is 12.7 Å². The molecule has 3 aromatic carbocycles. The summed E-state index contributed by atoms with van der Waals surface area (Å²) in [5.41, 5.74) is 4.45. The molecule has 0 saturated carbocycles. The molecule has 0 saturated heterocycles. The van der Waals surface area contributed by atoms with E-state index in [-0.39, 0.29) is 43.1 Å². The first-order valence-electron chi connectivity index (χ1n) is 12.5. The van der Waals surface area contributed by atoms with Crippen LogP contribution in [-0.4, -0.2) is 51.4 Å². The lowest BCUT2D eigenvalue weighted by atomic mass is 9.98. The van der Waals surface area contributed by atoms with Crippen LogP contribution >= 0.6 is 0 Å². The summed E-state index contributed by atoms with van der Waals surface area (Å²) in [5, 5.41) is 0. The average Bonchev–Trinajstić information content (AvgIpc) is 2.97. The third kappa shape index (κ3) is 8.33. The summed E-state index contributed by atoms with van der Waals surface area (Å²) in [6.07, 6.45) is 0. The molecular formula is C32H32O8. The number of hydrogen-bond acceptors (Lipinski definition) is 8. The Hall–Kier alpha value is -4.85. The minimum Gasteiger partial charge on any atom is -0.497 e. The van der Waals surface area contributed by atoms with Gasteiger partial charge in [0.2, 0.25) is 0 Å². The molecule has 0 spiro atoms. The molecule has 0 amide bonds. The predicted molar refractivity (Wildman–Crippen MR) is 151 cm³/mol. The van der Waals surface area contributed by atoms with E-state index in [1.807, 2.05) is 48.5 Å². The predicted octanol–water partition coefficient (Wildman–Crippen LogP) is 5.80. The molecule has 0 unspecified atom stereocenters. The van der Waals surface area contributed by atoms with Crippen LogP contribution in [0.25, 0.3) is 22.3 Å². The largest absolute Gasteiger partial charge is 0.497 e. The Balaban J connectivity index is 1.77. The van der Waals surface area contributed by atoms with E-state index >= 15 is 0 Å². The first-order valence-corrected chi connectivity index (χ1v) is 12.5. The van der Waals surface area contributed by atoms with E-state index in [0.717, 1.165) is 28.0 Å². The molecule has 0 aliphatic rings. The highest BCUT2D eigenvalue weighted by atomic mass is 16.6. The zero-order chi connectivity index (χ0) is 29.1. The van der Waals surface area contributed by atoms with Crippen molar-refractivity contribution in [3.63, 3.8) is 0 Å². The first kappa shape index (κ1) is 29.7. The van der Waals surface area contributed by atoms with Gasteiger partial charge in [0.25, 0.3) is 0 Å². The average molecular weight is 545 g/mol. The minimum absolute atomic E-state index is 0.00427. The maximum Gasteiger partial charge on any atom is 0.338 e. The number of hydrogen-bond donors (Lipinski definition) is 0. The third-order valence-corrected chi connectivity index (χ3v) is 5.66. The highest BCUT2D eigenvalue weighted by molar-refractivity contribution is 5.91. The summed E-state index contributed by atoms with van der Waals surface area (Å²) < 4.78 is 26.5. The van der Waals surface area contributed by atoms with Crippen molar-refractivity contribution in [2.75, 3.05) is 33.5 Å². The maximum absolute atomic E-state index is 12.6. The van der Waals surface area contributed by atoms with Crippen molar-refractivity contribution >= 4 is 17.9 Å². The van der Waals surface area contributed by atoms with Crippen LogP contribution < -0.4 is 9.47 Å². The van der Waals surface area contributed by atoms with E-state index in [2.05, 4.69) is 13.2 Å². The van der Waals surface area contributed by atoms with Gasteiger partial charge in [0.1, 0.15) is 37.9 Å². The monoisotopic (exact) mass is 544 g/mol. The van der Waals surface area contributed by atoms with Gasteiger partial charge < -0.3 is 23.7 Å². The molecule has 8 heteroatoms. The summed E-state index contributed by atoms with van der Waals surface area (Å²) in [7, 11) is 1.63. The first-order chi connectivity index (χ1) is 19.2. The topological polar surface area (TPSA) is 97.4 Å². The summed E-state index contributed by atoms with van der Waals surface area (Å²) in [6.45, 7) is 10.0. The van der Waals surface area contributed by atoms with Crippen LogP contribution in [0.15, 0.2) is 91.0 Å². The second kappa shape index (κ2) is 14.3. The van der Waals surface area contributed by atoms with Crippen LogP contribution in [0.4, 0.5) is 0 Å². The lowest BCUT2D eigenvalue weighted by molar-refractivity contribution is -0.140. The Bertz CT molecular complexity index is 1370. The van der Waals surface area contributed by atoms with Gasteiger partial charge in [-0.05, 0) is 60.9 Å². The molecule has 0 fully saturated rings. The molecular weight excluding hydrogens is 512 g/mol. The molecule has 3 aromatic rings. The Morgan fingerprint density at radius 2 is 1.15 bits per heavy atom. The number of ether oxygens (including phenoxy) is 5. The van der Waals surface area contributed by atoms with Crippen molar-refractivity contribution in [1.82, 2.24) is 0 Å². The molecule has 40 heavy (non-hydrogen) atoms. The smallest absolute Gasteiger partial charge is 0.338 e. The third-order valence-electron chi connectivity index (χ3n) is 5.66. The molecule has 0 aromatic heterocycles. The van der Waals surface area contributed by atoms with Crippen LogP contribution in [0.5, 0.6) is 11.5 Å². The van der Waals surface area contributed by atoms with E-state index in [4.69, 9.17) is 23.7 Å². The van der Waals surface area contributed by atoms with Crippen LogP contribution in [0.3, 0.4) is 0 Å². The van der Waals surface area contributed by atoms with Gasteiger partial charge in [-0.1, -0.05) is 49.6 Å². The lowest BCUT2D eigenvalue weighted by Crippen LogP contribution is -2.15. The molecule has 0 atom stereocenters. The second-order valence-electron chi connectivity index (χ2n) is 8.83. The fraction of sp³-hybridized carbons (Fsp3) is 0.219. The van der Waals surface area contributed by atoms with Crippen LogP contribution in [0, 0.1) is 0 Å². The van der Waals surface area contributed by atoms with Gasteiger partial charge in [0, 0.05) is 16.7 Å². The van der Waals surface area contributed by atoms with Crippen molar-refractivity contribution in [2.45, 2.75) is 13.8 Å². The highest BCUT2D eigenvalue weighted by Gasteiger charge is 2.15. The van der Waals surface area contributed by atoms with E-state index in [1.165, 1.54) is 6.92 Å². The maximum atomic E-state index is 12.6. The van der Waals surface area contributed by atoms with Gasteiger partial charge >= 0.3 is 17.9 Å². The van der Waals surface area contributed by atoms with Crippen LogP contribution in [0.1, 0.15) is 24.2 Å². The zero-order valence-corrected chi connectivity index (χ0v) is 22.9. The summed E-state index contributed by atoms with van der Waals surface area (Å²) in [5.74, 6) is -0.482. The van der Waals surface area contributed by atoms with Crippen molar-refractivity contribution in [2.24, 2.45) is 0 Å². The van der Waals surface area contributed by atoms with Gasteiger partial charge in [-0.25, -0.2) is 14.4 Å². The molecule has 0 N–H and O–H groups in total. The normalized spacial score (nSPS) is 10.3. The molecule has 0 bridgehead atoms. The van der Waals surface area contributed by atoms with E-state index in [1.54, 1.807) is 32.2 Å². The molecule has 3 rings (SSSR count). The minimum atomic E-state index is -0.605. The standard InChI is InChI=1S/C32H32O8/c1-21(2)30(33)38-17-16-37-29-20-26(32(35)40-19-18-39-31(34)22(3)4)12-15-28(29)25-8-6-23(7-9-25)24-10-13-27(36-5)14-11-24/h6-15,20H,1,3,16-19H2,2,4-5H3. The number of rotatable bonds is 13. The Kier molecular flexibility index (Phi) is 10.7. The number of benzene rings is 3. The highest BCUT2D eigenvalue weighted by Crippen LogP contribution is 2.33. The Morgan fingerprint density at radius 3 is 1.70 bits per heavy atom. The molecule has 8 nitrogen and oxygen atoms in total. The van der Waals surface area contributed by atoms with Gasteiger partial charge in [-0.3, -0.25) is 0 Å². The number of methoxy groups -OCH3 is 1. The summed E-state index contributed by atoms with van der Waals surface area (Å²) in [6, 6.07) is 20.6. The van der Waals surface area contributed by atoms with E-state index in [0.29, 0.717) is 5.75 Å². The number of carbonyl (C=O) groups is 3. The molecule has 208 valence electrons. The fourth-order valence-corrected chi connectivity index (χ4v) is 3.52. The second-order valence-corrected chi connectivity index (χ2v) is 8.83. The molecule has 0 aliphatic carbocycles. The molecule has 0 aliphatic heterocycles. The van der Waals surface area contributed by atoms with Crippen LogP contribution in [0.2, 0.25) is 0 Å². The summed E-state index contributed by atoms with van der Waals surface area (Å²) >= 11 is 0. The zero-order valence-electron chi connectivity index (χ0n) is 22.9. The SMILES string of the molecule is C=C(C)C(=O)OCCOC(=O)c1ccc(-c2ccc(-c3ccc(OC)cc3)cc2)c(OCCOC(=O)C(=C)C)c1. The van der Waals surface area contributed by atoms with Gasteiger partial charge in [-0.15, -0.1) is 0 Å². The molecule has 0 heterocycles. The Morgan fingerprint density at radius 1 is 0.650 bits per heavy atom. The van der Waals surface area contributed by atoms with Crippen molar-refractivity contribution in [3.8, 4) is 33.8 Å². The quantitative estimate of drug-likeness (QED) is 0.115. The van der Waals surface area contributed by atoms with Crippen LogP contribution in [-0.2, 0) is 23.8 Å². The van der Waals surface area contributed by atoms with Crippen molar-refractivity contribution in [3.05, 3.63) is 96.6 Å². The van der Waals surface area contributed by atoms with E-state index in [9.17, 15) is 14.4 Å². The van der Waals surface area contributed by atoms with E-state index < -0.39 is 17.9 Å². The number of carbonyl (C=O) groups excluding carboxylic acids is 3. The van der Waals surface area contributed by atoms with Crippen molar-refractivity contribution < 1.29 is 38.1 Å². The fourth-order valence-electron chi connectivity index (χ4n) is 3.52.